The number of thioether (sulfide) groups is 2. The molecule has 0 aromatic heterocycles. The average molecular weight is 372 g/mol. The van der Waals surface area contributed by atoms with Gasteiger partial charge >= 0.3 is 0 Å². The lowest BCUT2D eigenvalue weighted by Crippen LogP contribution is -2.10. The number of aliphatic imine (C=N–C) groups is 1. The highest BCUT2D eigenvalue weighted by Crippen LogP contribution is 2.31. The van der Waals surface area contributed by atoms with E-state index < -0.39 is 0 Å². The first-order chi connectivity index (χ1) is 12.3. The minimum atomic E-state index is -0.201. The normalized spacial score (nSPS) is 16.4. The van der Waals surface area contributed by atoms with Crippen molar-refractivity contribution in [1.29, 1.82) is 0 Å². The monoisotopic (exact) mass is 371 g/mol. The van der Waals surface area contributed by atoms with Crippen LogP contribution >= 0.6 is 23.5 Å². The van der Waals surface area contributed by atoms with Crippen LogP contribution in [-0.2, 0) is 0 Å². The zero-order valence-electron chi connectivity index (χ0n) is 14.1. The van der Waals surface area contributed by atoms with Gasteiger partial charge in [-0.05, 0) is 60.7 Å². The van der Waals surface area contributed by atoms with Crippen LogP contribution in [0.15, 0.2) is 76.0 Å². The summed E-state index contributed by atoms with van der Waals surface area (Å²) in [5.41, 5.74) is 0.984. The Kier molecular flexibility index (Phi) is 7.19. The Hall–Kier alpha value is -1.52. The zero-order valence-corrected chi connectivity index (χ0v) is 15.7. The van der Waals surface area contributed by atoms with E-state index in [0.717, 1.165) is 15.6 Å². The van der Waals surface area contributed by atoms with Crippen LogP contribution in [0.2, 0.25) is 0 Å². The molecule has 25 heavy (non-hydrogen) atoms. The molecular weight excluding hydrogens is 349 g/mol. The van der Waals surface area contributed by atoms with Gasteiger partial charge in [0.1, 0.15) is 5.82 Å². The van der Waals surface area contributed by atoms with Gasteiger partial charge in [0.15, 0.2) is 0 Å². The molecule has 0 radical (unpaired) electrons. The van der Waals surface area contributed by atoms with Crippen LogP contribution in [-0.4, -0.2) is 10.3 Å². The van der Waals surface area contributed by atoms with Gasteiger partial charge in [0, 0.05) is 10.1 Å². The van der Waals surface area contributed by atoms with Gasteiger partial charge in [0.25, 0.3) is 0 Å². The van der Waals surface area contributed by atoms with E-state index in [0.29, 0.717) is 5.25 Å². The molecule has 0 saturated heterocycles. The minimum Gasteiger partial charge on any atom is -0.242 e. The Morgan fingerprint density at radius 3 is 2.40 bits per heavy atom. The predicted molar refractivity (Wildman–Crippen MR) is 109 cm³/mol. The average Bonchev–Trinajstić information content (AvgIpc) is 2.65. The number of nitrogens with zero attached hydrogens (tertiary/aromatic N) is 1. The second-order valence-electron chi connectivity index (χ2n) is 6.04. The molecule has 1 saturated carbocycles. The van der Waals surface area contributed by atoms with E-state index in [1.165, 1.54) is 44.2 Å². The van der Waals surface area contributed by atoms with Gasteiger partial charge in [-0.25, -0.2) is 9.38 Å². The largest absolute Gasteiger partial charge is 0.242 e. The van der Waals surface area contributed by atoms with Gasteiger partial charge < -0.3 is 0 Å². The third-order valence-electron chi connectivity index (χ3n) is 4.06. The van der Waals surface area contributed by atoms with E-state index in [1.54, 1.807) is 23.9 Å². The molecule has 3 rings (SSSR count). The Bertz CT molecular complexity index is 704. The van der Waals surface area contributed by atoms with Crippen LogP contribution < -0.4 is 0 Å². The van der Waals surface area contributed by atoms with Crippen LogP contribution in [0.1, 0.15) is 32.1 Å². The fourth-order valence-electron chi connectivity index (χ4n) is 2.77. The van der Waals surface area contributed by atoms with E-state index in [1.807, 2.05) is 47.5 Å². The third-order valence-corrected chi connectivity index (χ3v) is 6.15. The summed E-state index contributed by atoms with van der Waals surface area (Å²) in [5, 5.41) is 3.76. The summed E-state index contributed by atoms with van der Waals surface area (Å²) in [6, 6.07) is 16.7. The van der Waals surface area contributed by atoms with Crippen LogP contribution in [0.25, 0.3) is 0 Å². The molecule has 0 spiro atoms. The van der Waals surface area contributed by atoms with E-state index >= 15 is 0 Å². The number of rotatable bonds is 5. The number of halogens is 1. The highest BCUT2D eigenvalue weighted by Gasteiger charge is 2.15. The van der Waals surface area contributed by atoms with E-state index in [-0.39, 0.29) is 5.82 Å². The van der Waals surface area contributed by atoms with Crippen molar-refractivity contribution >= 4 is 34.3 Å². The maximum Gasteiger partial charge on any atom is 0.123 e. The molecule has 130 valence electrons. The summed E-state index contributed by atoms with van der Waals surface area (Å²) in [6.07, 6.45) is 8.64. The van der Waals surface area contributed by atoms with Crippen molar-refractivity contribution in [2.45, 2.75) is 42.2 Å². The summed E-state index contributed by atoms with van der Waals surface area (Å²) < 4.78 is 13.0. The molecule has 2 aromatic rings. The van der Waals surface area contributed by atoms with Crippen LogP contribution in [0.4, 0.5) is 10.1 Å². The summed E-state index contributed by atoms with van der Waals surface area (Å²) in [5.74, 6) is -0.201. The molecule has 0 amide bonds. The standard InChI is InChI=1S/C21H22FNS2/c22-17-11-13-19(14-12-17)24-16-15-21(23-18-7-3-1-4-8-18)25-20-9-5-2-6-10-20/h1,3-4,7-8,11-16,20H,2,5-6,9-10H2. The minimum absolute atomic E-state index is 0.201. The van der Waals surface area contributed by atoms with Crippen molar-refractivity contribution in [3.63, 3.8) is 0 Å². The molecule has 0 bridgehead atoms. The molecule has 0 aliphatic heterocycles. The lowest BCUT2D eigenvalue weighted by atomic mass is 10.0. The molecule has 2 aromatic carbocycles. The Balaban J connectivity index is 1.69. The SMILES string of the molecule is Fc1ccc(SC=CC(=Nc2ccccc2)SC2CCCCC2)cc1. The topological polar surface area (TPSA) is 12.4 Å². The van der Waals surface area contributed by atoms with Gasteiger partial charge in [-0.3, -0.25) is 0 Å². The van der Waals surface area contributed by atoms with Crippen LogP contribution in [0.3, 0.4) is 0 Å². The quantitative estimate of drug-likeness (QED) is 0.312. The molecule has 1 nitrogen and oxygen atoms in total. The van der Waals surface area contributed by atoms with Crippen molar-refractivity contribution in [2.75, 3.05) is 0 Å². The molecule has 1 fully saturated rings. The fourth-order valence-corrected chi connectivity index (χ4v) is 4.72. The summed E-state index contributed by atoms with van der Waals surface area (Å²) in [7, 11) is 0. The number of benzene rings is 2. The molecule has 0 atom stereocenters. The molecule has 1 aliphatic rings. The molecule has 0 unspecified atom stereocenters. The van der Waals surface area contributed by atoms with Crippen molar-refractivity contribution in [3.05, 3.63) is 71.9 Å². The summed E-state index contributed by atoms with van der Waals surface area (Å²) in [6.45, 7) is 0. The van der Waals surface area contributed by atoms with Gasteiger partial charge in [0.2, 0.25) is 0 Å². The molecule has 0 heterocycles. The second kappa shape index (κ2) is 9.83. The first-order valence-corrected chi connectivity index (χ1v) is 10.4. The lowest BCUT2D eigenvalue weighted by Gasteiger charge is -2.20. The van der Waals surface area contributed by atoms with Gasteiger partial charge in [-0.15, -0.1) is 11.8 Å². The fraction of sp³-hybridized carbons (Fsp3) is 0.286. The Morgan fingerprint density at radius 2 is 1.68 bits per heavy atom. The molecular formula is C21H22FNS2. The number of hydrogen-bond donors (Lipinski definition) is 0. The zero-order chi connectivity index (χ0) is 17.3. The van der Waals surface area contributed by atoms with Crippen molar-refractivity contribution < 1.29 is 4.39 Å². The first kappa shape index (κ1) is 18.3. The van der Waals surface area contributed by atoms with Gasteiger partial charge in [-0.1, -0.05) is 49.2 Å². The van der Waals surface area contributed by atoms with Crippen molar-refractivity contribution in [2.24, 2.45) is 4.99 Å². The molecule has 1 aliphatic carbocycles. The lowest BCUT2D eigenvalue weighted by molar-refractivity contribution is 0.517. The molecule has 4 heteroatoms. The maximum absolute atomic E-state index is 13.0. The number of hydrogen-bond acceptors (Lipinski definition) is 3. The maximum atomic E-state index is 13.0. The highest BCUT2D eigenvalue weighted by molar-refractivity contribution is 8.15. The Morgan fingerprint density at radius 1 is 0.960 bits per heavy atom. The Labute approximate surface area is 157 Å². The highest BCUT2D eigenvalue weighted by atomic mass is 32.2. The summed E-state index contributed by atoms with van der Waals surface area (Å²) in [4.78, 5) is 5.84. The van der Waals surface area contributed by atoms with Crippen LogP contribution in [0, 0.1) is 5.82 Å². The third kappa shape index (κ3) is 6.37. The smallest absolute Gasteiger partial charge is 0.123 e. The van der Waals surface area contributed by atoms with E-state index in [4.69, 9.17) is 4.99 Å². The van der Waals surface area contributed by atoms with Crippen molar-refractivity contribution in [3.8, 4) is 0 Å². The van der Waals surface area contributed by atoms with Crippen molar-refractivity contribution in [1.82, 2.24) is 0 Å². The predicted octanol–water partition coefficient (Wildman–Crippen LogP) is 7.23. The number of para-hydroxylation sites is 1. The second-order valence-corrected chi connectivity index (χ2v) is 8.34. The van der Waals surface area contributed by atoms with E-state index in [9.17, 15) is 4.39 Å². The van der Waals surface area contributed by atoms with Gasteiger partial charge in [0.05, 0.1) is 10.7 Å². The van der Waals surface area contributed by atoms with Gasteiger partial charge in [-0.2, -0.15) is 0 Å². The van der Waals surface area contributed by atoms with Crippen LogP contribution in [0.5, 0.6) is 0 Å². The first-order valence-electron chi connectivity index (χ1n) is 8.69. The molecule has 0 N–H and O–H groups in total. The summed E-state index contributed by atoms with van der Waals surface area (Å²) >= 11 is 3.48. The van der Waals surface area contributed by atoms with E-state index in [2.05, 4.69) is 6.08 Å².